The number of aryl methyl sites for hydroxylation is 2. The van der Waals surface area contributed by atoms with Crippen LogP contribution in [0.25, 0.3) is 0 Å². The van der Waals surface area contributed by atoms with Crippen molar-refractivity contribution in [2.75, 3.05) is 6.54 Å². The first-order valence-corrected chi connectivity index (χ1v) is 5.93. The Hall–Kier alpha value is -2.17. The summed E-state index contributed by atoms with van der Waals surface area (Å²) >= 11 is 0. The van der Waals surface area contributed by atoms with Crippen LogP contribution in [0.5, 0.6) is 0 Å². The molecule has 0 saturated heterocycles. The van der Waals surface area contributed by atoms with E-state index in [1.165, 1.54) is 0 Å². The highest BCUT2D eigenvalue weighted by Crippen LogP contribution is 1.98. The Labute approximate surface area is 106 Å². The molecule has 94 valence electrons. The van der Waals surface area contributed by atoms with Crippen LogP contribution in [0, 0.1) is 6.92 Å². The van der Waals surface area contributed by atoms with Gasteiger partial charge in [0.2, 0.25) is 0 Å². The van der Waals surface area contributed by atoms with Gasteiger partial charge < -0.3 is 9.88 Å². The molecule has 0 spiro atoms. The molecule has 0 radical (unpaired) electrons. The summed E-state index contributed by atoms with van der Waals surface area (Å²) in [4.78, 5) is 19.9. The van der Waals surface area contributed by atoms with Crippen LogP contribution in [-0.4, -0.2) is 27.0 Å². The van der Waals surface area contributed by atoms with E-state index in [2.05, 4.69) is 15.3 Å². The largest absolute Gasteiger partial charge is 0.351 e. The van der Waals surface area contributed by atoms with Crippen LogP contribution in [0.1, 0.15) is 22.6 Å². The van der Waals surface area contributed by atoms with Gasteiger partial charge in [-0.3, -0.25) is 4.79 Å². The fourth-order valence-corrected chi connectivity index (χ4v) is 1.64. The molecule has 2 aromatic rings. The monoisotopic (exact) mass is 244 g/mol. The maximum absolute atomic E-state index is 11.8. The Kier molecular flexibility index (Phi) is 4.06. The Morgan fingerprint density at radius 1 is 1.44 bits per heavy atom. The van der Waals surface area contributed by atoms with Crippen molar-refractivity contribution in [3.63, 3.8) is 0 Å². The molecule has 1 N–H and O–H groups in total. The summed E-state index contributed by atoms with van der Waals surface area (Å²) in [5, 5.41) is 2.85. The molecule has 0 aliphatic heterocycles. The van der Waals surface area contributed by atoms with Gasteiger partial charge in [0, 0.05) is 31.2 Å². The molecule has 0 unspecified atom stereocenters. The number of hydrogen-bond acceptors (Lipinski definition) is 3. The van der Waals surface area contributed by atoms with E-state index >= 15 is 0 Å². The number of nitrogens with zero attached hydrogens (tertiary/aromatic N) is 3. The first-order valence-electron chi connectivity index (χ1n) is 5.93. The summed E-state index contributed by atoms with van der Waals surface area (Å²) in [6, 6.07) is 5.43. The summed E-state index contributed by atoms with van der Waals surface area (Å²) in [5.41, 5.74) is 1.32. The molecule has 0 aliphatic carbocycles. The van der Waals surface area contributed by atoms with Gasteiger partial charge in [0.05, 0.1) is 6.33 Å². The van der Waals surface area contributed by atoms with Crippen LogP contribution >= 0.6 is 0 Å². The second-order valence-electron chi connectivity index (χ2n) is 4.07. The lowest BCUT2D eigenvalue weighted by molar-refractivity contribution is 0.0947. The van der Waals surface area contributed by atoms with Gasteiger partial charge in [0.1, 0.15) is 5.69 Å². The number of aromatic nitrogens is 3. The lowest BCUT2D eigenvalue weighted by Crippen LogP contribution is -2.26. The molecule has 1 amide bonds. The van der Waals surface area contributed by atoms with Crippen LogP contribution in [-0.2, 0) is 6.54 Å². The first kappa shape index (κ1) is 12.3. The van der Waals surface area contributed by atoms with Crippen molar-refractivity contribution in [2.24, 2.45) is 0 Å². The highest BCUT2D eigenvalue weighted by molar-refractivity contribution is 5.92. The summed E-state index contributed by atoms with van der Waals surface area (Å²) < 4.78 is 1.98. The van der Waals surface area contributed by atoms with Crippen molar-refractivity contribution >= 4 is 5.91 Å². The number of imidazole rings is 1. The maximum Gasteiger partial charge on any atom is 0.269 e. The molecule has 0 bridgehead atoms. The number of carbonyl (C=O) groups is 1. The standard InChI is InChI=1S/C13H16N4O/c1-11-4-2-5-12(16-11)13(18)15-6-3-8-17-9-7-14-10-17/h2,4-5,7,9-10H,3,6,8H2,1H3,(H,15,18). The van der Waals surface area contributed by atoms with Crippen molar-refractivity contribution < 1.29 is 4.79 Å². The number of amides is 1. The molecule has 2 heterocycles. The van der Waals surface area contributed by atoms with E-state index in [1.54, 1.807) is 18.6 Å². The maximum atomic E-state index is 11.8. The van der Waals surface area contributed by atoms with Gasteiger partial charge in [-0.2, -0.15) is 0 Å². The van der Waals surface area contributed by atoms with E-state index in [0.717, 1.165) is 18.7 Å². The summed E-state index contributed by atoms with van der Waals surface area (Å²) in [6.07, 6.45) is 6.29. The Balaban J connectivity index is 1.75. The lowest BCUT2D eigenvalue weighted by Gasteiger charge is -2.05. The van der Waals surface area contributed by atoms with E-state index in [-0.39, 0.29) is 5.91 Å². The Morgan fingerprint density at radius 3 is 3.06 bits per heavy atom. The topological polar surface area (TPSA) is 59.8 Å². The molecule has 0 aromatic carbocycles. The van der Waals surface area contributed by atoms with Crippen molar-refractivity contribution in [2.45, 2.75) is 19.9 Å². The van der Waals surface area contributed by atoms with E-state index in [4.69, 9.17) is 0 Å². The predicted octanol–water partition coefficient (Wildman–Crippen LogP) is 1.41. The average molecular weight is 244 g/mol. The van der Waals surface area contributed by atoms with Gasteiger partial charge in [-0.15, -0.1) is 0 Å². The first-order chi connectivity index (χ1) is 8.75. The van der Waals surface area contributed by atoms with Crippen molar-refractivity contribution in [3.8, 4) is 0 Å². The minimum atomic E-state index is -0.121. The SMILES string of the molecule is Cc1cccc(C(=O)NCCCn2ccnc2)n1. The Bertz CT molecular complexity index is 507. The van der Waals surface area contributed by atoms with Gasteiger partial charge in [-0.05, 0) is 25.5 Å². The number of carbonyl (C=O) groups excluding carboxylic acids is 1. The molecule has 18 heavy (non-hydrogen) atoms. The number of hydrogen-bond donors (Lipinski definition) is 1. The zero-order valence-electron chi connectivity index (χ0n) is 10.3. The zero-order valence-corrected chi connectivity index (χ0v) is 10.3. The minimum Gasteiger partial charge on any atom is -0.351 e. The molecule has 5 heteroatoms. The normalized spacial score (nSPS) is 10.3. The molecule has 2 rings (SSSR count). The predicted molar refractivity (Wildman–Crippen MR) is 68.2 cm³/mol. The van der Waals surface area contributed by atoms with Gasteiger partial charge in [-0.1, -0.05) is 6.07 Å². The third kappa shape index (κ3) is 3.41. The van der Waals surface area contributed by atoms with E-state index in [1.807, 2.05) is 29.8 Å². The van der Waals surface area contributed by atoms with Crippen molar-refractivity contribution in [3.05, 3.63) is 48.3 Å². The third-order valence-corrected chi connectivity index (χ3v) is 2.56. The van der Waals surface area contributed by atoms with Crippen LogP contribution in [0.15, 0.2) is 36.9 Å². The minimum absolute atomic E-state index is 0.121. The molecule has 0 fully saturated rings. The summed E-state index contributed by atoms with van der Waals surface area (Å²) in [6.45, 7) is 3.35. The average Bonchev–Trinajstić information content (AvgIpc) is 2.87. The number of rotatable bonds is 5. The molecular weight excluding hydrogens is 228 g/mol. The van der Waals surface area contributed by atoms with Gasteiger partial charge in [0.25, 0.3) is 5.91 Å². The smallest absolute Gasteiger partial charge is 0.269 e. The van der Waals surface area contributed by atoms with E-state index in [9.17, 15) is 4.79 Å². The second kappa shape index (κ2) is 5.95. The van der Waals surface area contributed by atoms with E-state index < -0.39 is 0 Å². The van der Waals surface area contributed by atoms with Crippen molar-refractivity contribution in [1.29, 1.82) is 0 Å². The summed E-state index contributed by atoms with van der Waals surface area (Å²) in [5.74, 6) is -0.121. The van der Waals surface area contributed by atoms with Gasteiger partial charge in [-0.25, -0.2) is 9.97 Å². The number of pyridine rings is 1. The zero-order chi connectivity index (χ0) is 12.8. The third-order valence-electron chi connectivity index (χ3n) is 2.56. The van der Waals surface area contributed by atoms with Crippen LogP contribution < -0.4 is 5.32 Å². The summed E-state index contributed by atoms with van der Waals surface area (Å²) in [7, 11) is 0. The highest BCUT2D eigenvalue weighted by Gasteiger charge is 2.05. The molecular formula is C13H16N4O. The van der Waals surface area contributed by atoms with Crippen LogP contribution in [0.4, 0.5) is 0 Å². The lowest BCUT2D eigenvalue weighted by atomic mass is 10.3. The molecule has 0 atom stereocenters. The van der Waals surface area contributed by atoms with Crippen LogP contribution in [0.2, 0.25) is 0 Å². The fourth-order valence-electron chi connectivity index (χ4n) is 1.64. The second-order valence-corrected chi connectivity index (χ2v) is 4.07. The van der Waals surface area contributed by atoms with E-state index in [0.29, 0.717) is 12.2 Å². The fraction of sp³-hybridized carbons (Fsp3) is 0.308. The Morgan fingerprint density at radius 2 is 2.33 bits per heavy atom. The molecule has 0 aliphatic rings. The van der Waals surface area contributed by atoms with Gasteiger partial charge >= 0.3 is 0 Å². The molecule has 0 saturated carbocycles. The number of nitrogens with one attached hydrogen (secondary N) is 1. The molecule has 5 nitrogen and oxygen atoms in total. The van der Waals surface area contributed by atoms with Gasteiger partial charge in [0.15, 0.2) is 0 Å². The quantitative estimate of drug-likeness (QED) is 0.809. The highest BCUT2D eigenvalue weighted by atomic mass is 16.1. The van der Waals surface area contributed by atoms with Crippen LogP contribution in [0.3, 0.4) is 0 Å². The molecule has 2 aromatic heterocycles. The van der Waals surface area contributed by atoms with Crippen molar-refractivity contribution in [1.82, 2.24) is 19.9 Å².